The molecule has 0 spiro atoms. The molecule has 3 heterocycles. The van der Waals surface area contributed by atoms with Crippen LogP contribution in [-0.4, -0.2) is 44.6 Å². The maximum atomic E-state index is 13.1. The predicted octanol–water partition coefficient (Wildman–Crippen LogP) is 1.20. The molecule has 1 aliphatic heterocycles. The first kappa shape index (κ1) is 19.1. The zero-order valence-corrected chi connectivity index (χ0v) is 16.2. The first-order valence-corrected chi connectivity index (χ1v) is 9.45. The number of pyridine rings is 1. The topological polar surface area (TPSA) is 86.4 Å². The number of hydrogen-bond donors (Lipinski definition) is 0. The van der Waals surface area contributed by atoms with Gasteiger partial charge in [-0.1, -0.05) is 12.8 Å². The summed E-state index contributed by atoms with van der Waals surface area (Å²) in [6.45, 7) is 5.10. The molecule has 2 aromatic heterocycles. The van der Waals surface area contributed by atoms with Crippen molar-refractivity contribution in [2.75, 3.05) is 19.7 Å². The third-order valence-corrected chi connectivity index (χ3v) is 5.02. The van der Waals surface area contributed by atoms with E-state index in [1.54, 1.807) is 25.1 Å². The van der Waals surface area contributed by atoms with Gasteiger partial charge in [-0.15, -0.1) is 0 Å². The molecule has 0 aromatic carbocycles. The van der Waals surface area contributed by atoms with Crippen LogP contribution in [0.5, 0.6) is 5.75 Å². The van der Waals surface area contributed by atoms with Crippen LogP contribution in [0, 0.1) is 6.92 Å². The van der Waals surface area contributed by atoms with Gasteiger partial charge in [0.2, 0.25) is 5.91 Å². The van der Waals surface area contributed by atoms with E-state index in [4.69, 9.17) is 4.74 Å². The highest BCUT2D eigenvalue weighted by molar-refractivity contribution is 5.83. The number of carbonyl (C=O) groups excluding carboxylic acids is 1. The third kappa shape index (κ3) is 3.61. The quantitative estimate of drug-likeness (QED) is 0.803. The zero-order valence-electron chi connectivity index (χ0n) is 16.2. The average molecular weight is 374 g/mol. The Labute approximate surface area is 157 Å². The lowest BCUT2D eigenvalue weighted by atomic mass is 10.2. The molecule has 0 bridgehead atoms. The fourth-order valence-electron chi connectivity index (χ4n) is 3.55. The molecule has 0 aliphatic carbocycles. The molecule has 0 radical (unpaired) electrons. The lowest BCUT2D eigenvalue weighted by molar-refractivity contribution is -0.131. The SMILES string of the molecule is CCOc1c(C)cnc2c1c(=O)n(CC(=O)N1CCCCCC1)c(=O)n2C. The van der Waals surface area contributed by atoms with Crippen LogP contribution in [0.1, 0.15) is 38.2 Å². The molecule has 0 N–H and O–H groups in total. The van der Waals surface area contributed by atoms with Crippen molar-refractivity contribution in [3.05, 3.63) is 32.6 Å². The minimum atomic E-state index is -0.547. The monoisotopic (exact) mass is 374 g/mol. The molecule has 0 unspecified atom stereocenters. The van der Waals surface area contributed by atoms with Gasteiger partial charge in [0.05, 0.1) is 6.61 Å². The zero-order chi connectivity index (χ0) is 19.6. The number of aryl methyl sites for hydroxylation is 2. The number of hydrogen-bond acceptors (Lipinski definition) is 5. The van der Waals surface area contributed by atoms with Gasteiger partial charge in [0.15, 0.2) is 5.65 Å². The van der Waals surface area contributed by atoms with E-state index in [0.29, 0.717) is 31.0 Å². The van der Waals surface area contributed by atoms with Crippen molar-refractivity contribution in [2.24, 2.45) is 7.05 Å². The summed E-state index contributed by atoms with van der Waals surface area (Å²) in [4.78, 5) is 44.5. The first-order chi connectivity index (χ1) is 13.0. The van der Waals surface area contributed by atoms with Crippen molar-refractivity contribution in [1.29, 1.82) is 0 Å². The molecule has 2 aromatic rings. The summed E-state index contributed by atoms with van der Waals surface area (Å²) < 4.78 is 7.95. The van der Waals surface area contributed by atoms with Crippen LogP contribution in [0.3, 0.4) is 0 Å². The van der Waals surface area contributed by atoms with Crippen LogP contribution in [-0.2, 0) is 18.4 Å². The molecule has 27 heavy (non-hydrogen) atoms. The summed E-state index contributed by atoms with van der Waals surface area (Å²) in [7, 11) is 1.55. The Morgan fingerprint density at radius 3 is 2.48 bits per heavy atom. The average Bonchev–Trinajstić information content (AvgIpc) is 2.94. The molecule has 146 valence electrons. The van der Waals surface area contributed by atoms with Crippen LogP contribution in [0.25, 0.3) is 11.0 Å². The standard InChI is InChI=1S/C19H26N4O4/c1-4-27-16-13(2)11-20-17-15(16)18(25)23(19(26)21(17)3)12-14(24)22-9-7-5-6-8-10-22/h11H,4-10,12H2,1-3H3. The Bertz CT molecular complexity index is 968. The maximum absolute atomic E-state index is 13.1. The second-order valence-corrected chi connectivity index (χ2v) is 6.93. The Morgan fingerprint density at radius 1 is 1.19 bits per heavy atom. The molecule has 1 amide bonds. The third-order valence-electron chi connectivity index (χ3n) is 5.02. The maximum Gasteiger partial charge on any atom is 0.332 e. The summed E-state index contributed by atoms with van der Waals surface area (Å²) in [5.74, 6) is 0.216. The summed E-state index contributed by atoms with van der Waals surface area (Å²) >= 11 is 0. The van der Waals surface area contributed by atoms with Crippen molar-refractivity contribution in [3.8, 4) is 5.75 Å². The fourth-order valence-corrected chi connectivity index (χ4v) is 3.55. The lowest BCUT2D eigenvalue weighted by Gasteiger charge is -2.21. The Hall–Kier alpha value is -2.64. The molecule has 1 aliphatic rings. The molecule has 1 fully saturated rings. The van der Waals surface area contributed by atoms with Crippen LogP contribution < -0.4 is 16.0 Å². The first-order valence-electron chi connectivity index (χ1n) is 9.45. The van der Waals surface area contributed by atoms with Crippen molar-refractivity contribution < 1.29 is 9.53 Å². The lowest BCUT2D eigenvalue weighted by Crippen LogP contribution is -2.45. The van der Waals surface area contributed by atoms with Crippen LogP contribution in [0.15, 0.2) is 15.8 Å². The number of aromatic nitrogens is 3. The normalized spacial score (nSPS) is 15.0. The van der Waals surface area contributed by atoms with Crippen LogP contribution >= 0.6 is 0 Å². The van der Waals surface area contributed by atoms with Crippen molar-refractivity contribution in [2.45, 2.75) is 46.1 Å². The van der Waals surface area contributed by atoms with Gasteiger partial charge < -0.3 is 9.64 Å². The van der Waals surface area contributed by atoms with Gasteiger partial charge in [0, 0.05) is 31.9 Å². The molecule has 3 rings (SSSR count). The highest BCUT2D eigenvalue weighted by atomic mass is 16.5. The smallest absolute Gasteiger partial charge is 0.332 e. The minimum absolute atomic E-state index is 0.200. The number of ether oxygens (including phenoxy) is 1. The predicted molar refractivity (Wildman–Crippen MR) is 102 cm³/mol. The highest BCUT2D eigenvalue weighted by Crippen LogP contribution is 2.24. The van der Waals surface area contributed by atoms with Gasteiger partial charge in [-0.05, 0) is 26.7 Å². The van der Waals surface area contributed by atoms with E-state index in [9.17, 15) is 14.4 Å². The molecule has 0 saturated carbocycles. The summed E-state index contributed by atoms with van der Waals surface area (Å²) in [6.07, 6.45) is 5.69. The van der Waals surface area contributed by atoms with E-state index < -0.39 is 11.2 Å². The van der Waals surface area contributed by atoms with E-state index in [0.717, 1.165) is 30.3 Å². The van der Waals surface area contributed by atoms with Gasteiger partial charge in [-0.3, -0.25) is 14.2 Å². The molecule has 0 atom stereocenters. The van der Waals surface area contributed by atoms with E-state index in [1.807, 2.05) is 6.92 Å². The van der Waals surface area contributed by atoms with Gasteiger partial charge in [-0.2, -0.15) is 0 Å². The van der Waals surface area contributed by atoms with Crippen LogP contribution in [0.4, 0.5) is 0 Å². The highest BCUT2D eigenvalue weighted by Gasteiger charge is 2.22. The van der Waals surface area contributed by atoms with Crippen LogP contribution in [0.2, 0.25) is 0 Å². The minimum Gasteiger partial charge on any atom is -0.493 e. The molecular formula is C19H26N4O4. The number of rotatable bonds is 4. The van der Waals surface area contributed by atoms with Gasteiger partial charge in [0.25, 0.3) is 5.56 Å². The number of carbonyl (C=O) groups is 1. The Kier molecular flexibility index (Phi) is 5.62. The summed E-state index contributed by atoms with van der Waals surface area (Å²) in [6, 6.07) is 0. The van der Waals surface area contributed by atoms with E-state index in [-0.39, 0.29) is 23.5 Å². The Morgan fingerprint density at radius 2 is 1.85 bits per heavy atom. The van der Waals surface area contributed by atoms with Gasteiger partial charge in [-0.25, -0.2) is 14.3 Å². The van der Waals surface area contributed by atoms with E-state index in [2.05, 4.69) is 4.98 Å². The molecule has 8 nitrogen and oxygen atoms in total. The number of likely N-dealkylation sites (tertiary alicyclic amines) is 1. The van der Waals surface area contributed by atoms with Crippen molar-refractivity contribution in [3.63, 3.8) is 0 Å². The largest absolute Gasteiger partial charge is 0.493 e. The second kappa shape index (κ2) is 7.94. The van der Waals surface area contributed by atoms with E-state index >= 15 is 0 Å². The summed E-state index contributed by atoms with van der Waals surface area (Å²) in [5, 5.41) is 0.239. The van der Waals surface area contributed by atoms with Crippen molar-refractivity contribution in [1.82, 2.24) is 19.0 Å². The number of amides is 1. The molecule has 8 heteroatoms. The summed E-state index contributed by atoms with van der Waals surface area (Å²) in [5.41, 5.74) is -0.103. The van der Waals surface area contributed by atoms with Gasteiger partial charge >= 0.3 is 5.69 Å². The number of nitrogens with zero attached hydrogens (tertiary/aromatic N) is 4. The molecule has 1 saturated heterocycles. The van der Waals surface area contributed by atoms with Gasteiger partial charge in [0.1, 0.15) is 17.7 Å². The Balaban J connectivity index is 2.10. The van der Waals surface area contributed by atoms with Crippen molar-refractivity contribution >= 4 is 16.9 Å². The van der Waals surface area contributed by atoms with E-state index in [1.165, 1.54) is 4.57 Å². The fraction of sp³-hybridized carbons (Fsp3) is 0.579. The molecular weight excluding hydrogens is 348 g/mol. The second-order valence-electron chi connectivity index (χ2n) is 6.93. The number of fused-ring (bicyclic) bond motifs is 1.